The van der Waals surface area contributed by atoms with Gasteiger partial charge in [-0.2, -0.15) is 17.5 Å². The Balaban J connectivity index is 1.54. The van der Waals surface area contributed by atoms with Crippen molar-refractivity contribution in [2.75, 3.05) is 39.3 Å². The Labute approximate surface area is 172 Å². The van der Waals surface area contributed by atoms with Crippen LogP contribution in [0.5, 0.6) is 5.75 Å². The van der Waals surface area contributed by atoms with Crippen molar-refractivity contribution in [1.29, 1.82) is 0 Å². The van der Waals surface area contributed by atoms with Crippen molar-refractivity contribution in [2.24, 2.45) is 0 Å². The monoisotopic (exact) mass is 448 g/mol. The van der Waals surface area contributed by atoms with Crippen LogP contribution in [0.25, 0.3) is 0 Å². The van der Waals surface area contributed by atoms with Crippen molar-refractivity contribution < 1.29 is 26.3 Å². The van der Waals surface area contributed by atoms with E-state index in [9.17, 15) is 21.6 Å². The molecule has 29 heavy (non-hydrogen) atoms. The molecule has 0 spiro atoms. The summed E-state index contributed by atoms with van der Waals surface area (Å²) in [4.78, 5) is 1.70. The van der Waals surface area contributed by atoms with Gasteiger partial charge in [-0.15, -0.1) is 0 Å². The van der Waals surface area contributed by atoms with E-state index >= 15 is 0 Å². The number of benzene rings is 2. The third kappa shape index (κ3) is 5.63. The fourth-order valence-corrected chi connectivity index (χ4v) is 4.67. The zero-order valence-electron chi connectivity index (χ0n) is 15.4. The maximum Gasteiger partial charge on any atom is 0.416 e. The van der Waals surface area contributed by atoms with Gasteiger partial charge >= 0.3 is 6.18 Å². The third-order valence-electron chi connectivity index (χ3n) is 4.60. The van der Waals surface area contributed by atoms with Crippen LogP contribution in [-0.2, 0) is 16.2 Å². The van der Waals surface area contributed by atoms with Gasteiger partial charge in [0.1, 0.15) is 12.4 Å². The zero-order valence-corrected chi connectivity index (χ0v) is 17.0. The van der Waals surface area contributed by atoms with Crippen molar-refractivity contribution in [3.05, 3.63) is 59.1 Å². The van der Waals surface area contributed by atoms with Gasteiger partial charge in [0.2, 0.25) is 10.0 Å². The number of alkyl halides is 3. The molecule has 0 radical (unpaired) electrons. The highest BCUT2D eigenvalue weighted by molar-refractivity contribution is 7.89. The van der Waals surface area contributed by atoms with Crippen LogP contribution in [0.15, 0.2) is 53.4 Å². The molecular formula is C19H20ClF3N2O3S. The molecule has 2 aromatic carbocycles. The van der Waals surface area contributed by atoms with Gasteiger partial charge in [0.05, 0.1) is 10.5 Å². The summed E-state index contributed by atoms with van der Waals surface area (Å²) in [6.45, 7) is 2.37. The Bertz CT molecular complexity index is 946. The quantitative estimate of drug-likeness (QED) is 0.675. The summed E-state index contributed by atoms with van der Waals surface area (Å²) in [5.74, 6) is 0.656. The van der Waals surface area contributed by atoms with Crippen molar-refractivity contribution >= 4 is 21.6 Å². The summed E-state index contributed by atoms with van der Waals surface area (Å²) >= 11 is 5.90. The van der Waals surface area contributed by atoms with Crippen LogP contribution in [0.4, 0.5) is 13.2 Å². The van der Waals surface area contributed by atoms with Crippen LogP contribution in [0.3, 0.4) is 0 Å². The molecule has 5 nitrogen and oxygen atoms in total. The molecule has 0 aliphatic carbocycles. The smallest absolute Gasteiger partial charge is 0.416 e. The summed E-state index contributed by atoms with van der Waals surface area (Å²) < 4.78 is 70.9. The first-order valence-electron chi connectivity index (χ1n) is 8.94. The zero-order chi connectivity index (χ0) is 21.1. The van der Waals surface area contributed by atoms with Crippen LogP contribution in [0.1, 0.15) is 5.56 Å². The van der Waals surface area contributed by atoms with E-state index in [1.165, 1.54) is 10.4 Å². The molecule has 0 saturated carbocycles. The molecule has 0 N–H and O–H groups in total. The van der Waals surface area contributed by atoms with Gasteiger partial charge in [0.15, 0.2) is 0 Å². The number of hydrogen-bond donors (Lipinski definition) is 0. The Morgan fingerprint density at radius 2 is 1.69 bits per heavy atom. The fourth-order valence-electron chi connectivity index (χ4n) is 3.02. The molecular weight excluding hydrogens is 429 g/mol. The van der Waals surface area contributed by atoms with Gasteiger partial charge in [-0.3, -0.25) is 4.90 Å². The number of hydrogen-bond acceptors (Lipinski definition) is 4. The van der Waals surface area contributed by atoms with Gasteiger partial charge in [-0.05, 0) is 36.4 Å². The molecule has 158 valence electrons. The van der Waals surface area contributed by atoms with Gasteiger partial charge in [0, 0.05) is 37.7 Å². The summed E-state index contributed by atoms with van der Waals surface area (Å²) in [5.41, 5.74) is -0.977. The molecule has 1 fully saturated rings. The first kappa shape index (κ1) is 21.9. The summed E-state index contributed by atoms with van der Waals surface area (Å²) in [6, 6.07) is 10.9. The van der Waals surface area contributed by atoms with E-state index in [1.807, 2.05) is 4.90 Å². The predicted octanol–water partition coefficient (Wildman–Crippen LogP) is 3.74. The molecule has 10 heteroatoms. The van der Waals surface area contributed by atoms with Crippen LogP contribution >= 0.6 is 11.6 Å². The van der Waals surface area contributed by atoms with E-state index < -0.39 is 21.8 Å². The molecule has 1 saturated heterocycles. The Hall–Kier alpha value is -1.81. The maximum atomic E-state index is 12.9. The number of piperazine rings is 1. The average molecular weight is 449 g/mol. The highest BCUT2D eigenvalue weighted by Gasteiger charge is 2.33. The first-order chi connectivity index (χ1) is 13.7. The number of ether oxygens (including phenoxy) is 1. The fraction of sp³-hybridized carbons (Fsp3) is 0.368. The minimum absolute atomic E-state index is 0.204. The Morgan fingerprint density at radius 1 is 1.00 bits per heavy atom. The van der Waals surface area contributed by atoms with Crippen molar-refractivity contribution in [3.63, 3.8) is 0 Å². The lowest BCUT2D eigenvalue weighted by Crippen LogP contribution is -2.49. The lowest BCUT2D eigenvalue weighted by atomic mass is 10.2. The van der Waals surface area contributed by atoms with Crippen LogP contribution < -0.4 is 4.74 Å². The number of halogens is 4. The highest BCUT2D eigenvalue weighted by Crippen LogP contribution is 2.31. The molecule has 2 aromatic rings. The van der Waals surface area contributed by atoms with Crippen LogP contribution in [0, 0.1) is 0 Å². The summed E-state index contributed by atoms with van der Waals surface area (Å²) in [5, 5.41) is 0.580. The van der Waals surface area contributed by atoms with Gasteiger partial charge < -0.3 is 4.74 Å². The lowest BCUT2D eigenvalue weighted by Gasteiger charge is -2.33. The van der Waals surface area contributed by atoms with Crippen molar-refractivity contribution in [2.45, 2.75) is 11.1 Å². The van der Waals surface area contributed by atoms with E-state index in [0.717, 1.165) is 12.1 Å². The lowest BCUT2D eigenvalue weighted by molar-refractivity contribution is -0.137. The standard InChI is InChI=1S/C19H20ClF3N2O3S/c20-16-4-2-5-17(14-16)28-12-11-24-7-9-25(10-8-24)29(26,27)18-6-1-3-15(13-18)19(21,22)23/h1-6,13-14H,7-12H2. The van der Waals surface area contributed by atoms with Crippen molar-refractivity contribution in [1.82, 2.24) is 9.21 Å². The van der Waals surface area contributed by atoms with Crippen molar-refractivity contribution in [3.8, 4) is 5.75 Å². The van der Waals surface area contributed by atoms with Gasteiger partial charge in [0.25, 0.3) is 0 Å². The SMILES string of the molecule is O=S(=O)(c1cccc(C(F)(F)F)c1)N1CCN(CCOc2cccc(Cl)c2)CC1. The van der Waals surface area contributed by atoms with E-state index in [0.29, 0.717) is 43.1 Å². The second kappa shape index (κ2) is 8.91. The molecule has 1 aliphatic rings. The molecule has 0 unspecified atom stereocenters. The van der Waals surface area contributed by atoms with E-state index in [4.69, 9.17) is 16.3 Å². The number of sulfonamides is 1. The molecule has 3 rings (SSSR count). The van der Waals surface area contributed by atoms with Gasteiger partial charge in [-0.25, -0.2) is 8.42 Å². The largest absolute Gasteiger partial charge is 0.492 e. The second-order valence-corrected chi connectivity index (χ2v) is 8.95. The van der Waals surface area contributed by atoms with Crippen LogP contribution in [-0.4, -0.2) is 57.0 Å². The minimum Gasteiger partial charge on any atom is -0.492 e. The Kier molecular flexibility index (Phi) is 6.72. The molecule has 0 bridgehead atoms. The molecule has 1 heterocycles. The van der Waals surface area contributed by atoms with Gasteiger partial charge in [-0.1, -0.05) is 23.7 Å². The molecule has 0 aromatic heterocycles. The normalized spacial score (nSPS) is 16.7. The molecule has 1 aliphatic heterocycles. The maximum absolute atomic E-state index is 12.9. The highest BCUT2D eigenvalue weighted by atomic mass is 35.5. The Morgan fingerprint density at radius 3 is 2.34 bits per heavy atom. The average Bonchev–Trinajstić information content (AvgIpc) is 2.68. The number of rotatable bonds is 6. The third-order valence-corrected chi connectivity index (χ3v) is 6.73. The van der Waals surface area contributed by atoms with E-state index in [-0.39, 0.29) is 18.0 Å². The summed E-state index contributed by atoms with van der Waals surface area (Å²) in [7, 11) is -3.98. The second-order valence-electron chi connectivity index (χ2n) is 6.58. The number of nitrogens with zero attached hydrogens (tertiary/aromatic N) is 2. The predicted molar refractivity (Wildman–Crippen MR) is 104 cm³/mol. The minimum atomic E-state index is -4.59. The first-order valence-corrected chi connectivity index (χ1v) is 10.8. The van der Waals surface area contributed by atoms with E-state index in [1.54, 1.807) is 24.3 Å². The molecule has 0 amide bonds. The molecule has 0 atom stereocenters. The summed E-state index contributed by atoms with van der Waals surface area (Å²) in [6.07, 6.45) is -4.59. The van der Waals surface area contributed by atoms with Crippen LogP contribution in [0.2, 0.25) is 5.02 Å². The van der Waals surface area contributed by atoms with E-state index in [2.05, 4.69) is 0 Å². The topological polar surface area (TPSA) is 49.9 Å².